The summed E-state index contributed by atoms with van der Waals surface area (Å²) in [5, 5.41) is 19.1. The largest absolute Gasteiger partial charge is 0.545 e. The first-order chi connectivity index (χ1) is 7.50. The Morgan fingerprint density at radius 3 is 2.81 bits per heavy atom. The zero-order valence-corrected chi connectivity index (χ0v) is 8.50. The molecule has 16 heavy (non-hydrogen) atoms. The number of carboxylic acid groups (broad SMARTS) is 2. The van der Waals surface area contributed by atoms with Gasteiger partial charge in [-0.1, -0.05) is 0 Å². The van der Waals surface area contributed by atoms with Gasteiger partial charge in [-0.3, -0.25) is 4.79 Å². The molecule has 0 aromatic carbocycles. The molecule has 1 atom stereocenters. The summed E-state index contributed by atoms with van der Waals surface area (Å²) >= 11 is 0. The Balaban J connectivity index is 2.64. The molecule has 0 saturated carbocycles. The predicted molar refractivity (Wildman–Crippen MR) is 51.2 cm³/mol. The number of aryl methyl sites for hydroxylation is 1. The first-order valence-corrected chi connectivity index (χ1v) is 4.69. The molecule has 0 fully saturated rings. The summed E-state index contributed by atoms with van der Waals surface area (Å²) in [5.41, 5.74) is 5.37. The highest BCUT2D eigenvalue weighted by Crippen LogP contribution is 1.93. The number of carbonyl (C=O) groups is 2. The van der Waals surface area contributed by atoms with Crippen LogP contribution in [0.1, 0.15) is 16.8 Å². The third-order valence-corrected chi connectivity index (χ3v) is 2.11. The van der Waals surface area contributed by atoms with Crippen LogP contribution in [0.25, 0.3) is 0 Å². The lowest BCUT2D eigenvalue weighted by Gasteiger charge is -2.04. The van der Waals surface area contributed by atoms with Gasteiger partial charge in [0.05, 0.1) is 11.5 Å². The van der Waals surface area contributed by atoms with E-state index in [2.05, 4.69) is 0 Å². The zero-order valence-electron chi connectivity index (χ0n) is 8.50. The maximum absolute atomic E-state index is 10.6. The molecule has 1 aromatic rings. The fourth-order valence-corrected chi connectivity index (χ4v) is 1.19. The summed E-state index contributed by atoms with van der Waals surface area (Å²) in [6, 6.07) is 2.01. The van der Waals surface area contributed by atoms with Crippen molar-refractivity contribution >= 4 is 11.9 Å². The molecule has 1 heterocycles. The quantitative estimate of drug-likeness (QED) is 0.570. The summed E-state index contributed by atoms with van der Waals surface area (Å²) in [6.45, 7) is 0.342. The van der Waals surface area contributed by atoms with Crippen molar-refractivity contribution in [3.63, 3.8) is 0 Å². The molecule has 0 aliphatic rings. The summed E-state index contributed by atoms with van der Waals surface area (Å²) < 4.78 is 1.56. The number of carbonyl (C=O) groups excluding carboxylic acids is 1. The van der Waals surface area contributed by atoms with Gasteiger partial charge in [0, 0.05) is 12.5 Å². The van der Waals surface area contributed by atoms with Gasteiger partial charge >= 0.3 is 5.97 Å². The molecule has 1 unspecified atom stereocenters. The first-order valence-electron chi connectivity index (χ1n) is 4.69. The van der Waals surface area contributed by atoms with Gasteiger partial charge < -0.3 is 20.7 Å². The Labute approximate surface area is 91.9 Å². The van der Waals surface area contributed by atoms with Gasteiger partial charge in [-0.05, 0) is 6.07 Å². The van der Waals surface area contributed by atoms with Crippen molar-refractivity contribution in [1.82, 2.24) is 0 Å². The average molecular weight is 224 g/mol. The molecule has 0 spiro atoms. The average Bonchev–Trinajstić information content (AvgIpc) is 2.26. The van der Waals surface area contributed by atoms with Crippen molar-refractivity contribution in [3.8, 4) is 0 Å². The molecule has 3 N–H and O–H groups in total. The van der Waals surface area contributed by atoms with Gasteiger partial charge in [0.15, 0.2) is 18.9 Å². The molecule has 6 heteroatoms. The summed E-state index contributed by atoms with van der Waals surface area (Å²) in [7, 11) is 0. The Morgan fingerprint density at radius 1 is 1.56 bits per heavy atom. The number of aromatic carboxylic acids is 1. The normalized spacial score (nSPS) is 12.1. The number of rotatable bonds is 5. The van der Waals surface area contributed by atoms with Crippen LogP contribution in [0.4, 0.5) is 0 Å². The van der Waals surface area contributed by atoms with Gasteiger partial charge in [0.25, 0.3) is 0 Å². The Bertz CT molecular complexity index is 406. The van der Waals surface area contributed by atoms with E-state index in [0.717, 1.165) is 0 Å². The van der Waals surface area contributed by atoms with Crippen LogP contribution in [-0.4, -0.2) is 23.1 Å². The van der Waals surface area contributed by atoms with Gasteiger partial charge in [0.1, 0.15) is 6.04 Å². The van der Waals surface area contributed by atoms with Crippen molar-refractivity contribution in [2.24, 2.45) is 5.73 Å². The van der Waals surface area contributed by atoms with E-state index < -0.39 is 18.0 Å². The van der Waals surface area contributed by atoms with E-state index in [0.29, 0.717) is 6.54 Å². The molecule has 0 aliphatic heterocycles. The van der Waals surface area contributed by atoms with E-state index >= 15 is 0 Å². The minimum absolute atomic E-state index is 0.0476. The predicted octanol–water partition coefficient (Wildman–Crippen LogP) is -1.86. The van der Waals surface area contributed by atoms with Crippen LogP contribution in [0.2, 0.25) is 0 Å². The standard InChI is InChI=1S/C10H12N2O4/c11-8(10(15)16)3-5-12-4-1-2-7(6-12)9(13)14/h1-2,4,6,8H,3,5,11H2,(H-,13,14,15,16). The molecule has 1 aromatic heterocycles. The van der Waals surface area contributed by atoms with E-state index in [-0.39, 0.29) is 12.0 Å². The monoisotopic (exact) mass is 224 g/mol. The summed E-state index contributed by atoms with van der Waals surface area (Å²) in [6.07, 6.45) is 3.25. The minimum atomic E-state index is -1.27. The molecule has 6 nitrogen and oxygen atoms in total. The summed E-state index contributed by atoms with van der Waals surface area (Å²) in [5.74, 6) is -2.34. The maximum atomic E-state index is 10.6. The maximum Gasteiger partial charge on any atom is 0.320 e. The molecule has 0 bridgehead atoms. The number of aliphatic carboxylic acids is 1. The van der Waals surface area contributed by atoms with Crippen LogP contribution in [0.15, 0.2) is 24.5 Å². The van der Waals surface area contributed by atoms with E-state index in [4.69, 9.17) is 10.8 Å². The fraction of sp³-hybridized carbons (Fsp3) is 0.300. The highest BCUT2D eigenvalue weighted by Gasteiger charge is 2.13. The number of nitrogens with zero attached hydrogens (tertiary/aromatic N) is 1. The molecule has 0 saturated heterocycles. The Hall–Kier alpha value is -1.95. The van der Waals surface area contributed by atoms with Gasteiger partial charge in [-0.25, -0.2) is 4.57 Å². The third kappa shape index (κ3) is 3.32. The van der Waals surface area contributed by atoms with Crippen LogP contribution in [0, 0.1) is 0 Å². The number of pyridine rings is 1. The summed E-state index contributed by atoms with van der Waals surface area (Å²) in [4.78, 5) is 21.0. The highest BCUT2D eigenvalue weighted by molar-refractivity contribution is 5.84. The van der Waals surface area contributed by atoms with Crippen molar-refractivity contribution < 1.29 is 24.4 Å². The molecule has 0 aliphatic carbocycles. The van der Waals surface area contributed by atoms with Crippen molar-refractivity contribution in [2.45, 2.75) is 19.0 Å². The minimum Gasteiger partial charge on any atom is -0.545 e. The molecule has 0 amide bonds. The van der Waals surface area contributed by atoms with Crippen molar-refractivity contribution in [1.29, 1.82) is 0 Å². The van der Waals surface area contributed by atoms with E-state index in [9.17, 15) is 14.7 Å². The number of hydrogen-bond acceptors (Lipinski definition) is 4. The zero-order chi connectivity index (χ0) is 12.1. The second-order valence-electron chi connectivity index (χ2n) is 3.35. The number of hydrogen-bond donors (Lipinski definition) is 2. The van der Waals surface area contributed by atoms with Gasteiger partial charge in [-0.15, -0.1) is 0 Å². The second-order valence-corrected chi connectivity index (χ2v) is 3.35. The molecular formula is C10H12N2O4. The lowest BCUT2D eigenvalue weighted by molar-refractivity contribution is -0.697. The van der Waals surface area contributed by atoms with E-state index in [1.165, 1.54) is 12.3 Å². The fourth-order valence-electron chi connectivity index (χ4n) is 1.19. The topological polar surface area (TPSA) is 107 Å². The van der Waals surface area contributed by atoms with Crippen LogP contribution in [0.5, 0.6) is 0 Å². The van der Waals surface area contributed by atoms with Crippen molar-refractivity contribution in [2.75, 3.05) is 0 Å². The van der Waals surface area contributed by atoms with Crippen LogP contribution < -0.4 is 15.4 Å². The van der Waals surface area contributed by atoms with Gasteiger partial charge in [-0.2, -0.15) is 0 Å². The van der Waals surface area contributed by atoms with Crippen molar-refractivity contribution in [3.05, 3.63) is 30.1 Å². The molecule has 0 radical (unpaired) electrons. The number of carboxylic acids is 2. The highest BCUT2D eigenvalue weighted by atomic mass is 16.4. The first kappa shape index (κ1) is 12.1. The smallest absolute Gasteiger partial charge is 0.320 e. The molecular weight excluding hydrogens is 212 g/mol. The van der Waals surface area contributed by atoms with Crippen LogP contribution >= 0.6 is 0 Å². The molecule has 86 valence electrons. The van der Waals surface area contributed by atoms with E-state index in [1.54, 1.807) is 16.8 Å². The van der Waals surface area contributed by atoms with Crippen LogP contribution in [0.3, 0.4) is 0 Å². The SMILES string of the molecule is NC(CC[n+]1cccc(C(=O)[O-])c1)C(=O)O. The number of aromatic nitrogens is 1. The van der Waals surface area contributed by atoms with E-state index in [1.807, 2.05) is 0 Å². The second kappa shape index (κ2) is 5.22. The third-order valence-electron chi connectivity index (χ3n) is 2.11. The lowest BCUT2D eigenvalue weighted by atomic mass is 10.2. The molecule has 1 rings (SSSR count). The Morgan fingerprint density at radius 2 is 2.25 bits per heavy atom. The van der Waals surface area contributed by atoms with Gasteiger partial charge in [0.2, 0.25) is 0 Å². The van der Waals surface area contributed by atoms with Crippen LogP contribution in [-0.2, 0) is 11.3 Å². The lowest BCUT2D eigenvalue weighted by Crippen LogP contribution is -2.40. The number of nitrogens with two attached hydrogens (primary N) is 1. The Kier molecular flexibility index (Phi) is 3.96.